The molecular formula is C13H17ClN2O2. The first-order valence-corrected chi connectivity index (χ1v) is 6.35. The molecule has 0 bridgehead atoms. The Balaban J connectivity index is 2.43. The van der Waals surface area contributed by atoms with Crippen molar-refractivity contribution >= 4 is 23.3 Å². The van der Waals surface area contributed by atoms with Gasteiger partial charge < -0.3 is 15.3 Å². The third kappa shape index (κ3) is 2.44. The molecule has 18 heavy (non-hydrogen) atoms. The van der Waals surface area contributed by atoms with Crippen LogP contribution in [0, 0.1) is 13.8 Å². The van der Waals surface area contributed by atoms with E-state index < -0.39 is 12.0 Å². The van der Waals surface area contributed by atoms with Crippen molar-refractivity contribution in [3.8, 4) is 0 Å². The lowest BCUT2D eigenvalue weighted by Crippen LogP contribution is -2.55. The number of aliphatic carboxylic acids is 1. The van der Waals surface area contributed by atoms with Crippen LogP contribution in [-0.4, -0.2) is 36.8 Å². The molecule has 98 valence electrons. The van der Waals surface area contributed by atoms with E-state index in [9.17, 15) is 9.90 Å². The van der Waals surface area contributed by atoms with Crippen LogP contribution in [0.5, 0.6) is 0 Å². The quantitative estimate of drug-likeness (QED) is 0.859. The molecule has 1 aromatic carbocycles. The molecule has 1 aliphatic rings. The van der Waals surface area contributed by atoms with Gasteiger partial charge in [0.25, 0.3) is 0 Å². The lowest BCUT2D eigenvalue weighted by molar-refractivity contribution is -0.138. The second kappa shape index (κ2) is 5.16. The van der Waals surface area contributed by atoms with E-state index in [0.29, 0.717) is 18.1 Å². The summed E-state index contributed by atoms with van der Waals surface area (Å²) in [6.45, 7) is 5.82. The topological polar surface area (TPSA) is 52.6 Å². The SMILES string of the molecule is Cc1cc(C)c(N2CCNCC2C(=O)O)c(Cl)c1. The summed E-state index contributed by atoms with van der Waals surface area (Å²) >= 11 is 6.28. The van der Waals surface area contributed by atoms with E-state index in [-0.39, 0.29) is 0 Å². The number of nitrogens with zero attached hydrogens (tertiary/aromatic N) is 1. The summed E-state index contributed by atoms with van der Waals surface area (Å²) in [6, 6.07) is 3.35. The number of rotatable bonds is 2. The third-order valence-corrected chi connectivity index (χ3v) is 3.50. The summed E-state index contributed by atoms with van der Waals surface area (Å²) in [6.07, 6.45) is 0. The van der Waals surface area contributed by atoms with Crippen molar-refractivity contribution in [2.45, 2.75) is 19.9 Å². The summed E-state index contributed by atoms with van der Waals surface area (Å²) < 4.78 is 0. The Morgan fingerprint density at radius 3 is 2.83 bits per heavy atom. The predicted molar refractivity (Wildman–Crippen MR) is 72.6 cm³/mol. The van der Waals surface area contributed by atoms with Crippen LogP contribution >= 0.6 is 11.6 Å². The van der Waals surface area contributed by atoms with Crippen LogP contribution in [0.2, 0.25) is 5.02 Å². The van der Waals surface area contributed by atoms with E-state index in [2.05, 4.69) is 5.32 Å². The number of halogens is 1. The molecule has 1 atom stereocenters. The number of hydrogen-bond acceptors (Lipinski definition) is 3. The van der Waals surface area contributed by atoms with Crippen LogP contribution in [0.4, 0.5) is 5.69 Å². The Bertz CT molecular complexity index is 453. The molecule has 1 heterocycles. The Labute approximate surface area is 112 Å². The van der Waals surface area contributed by atoms with Crippen molar-refractivity contribution < 1.29 is 9.90 Å². The van der Waals surface area contributed by atoms with Crippen LogP contribution in [-0.2, 0) is 4.79 Å². The molecule has 0 aromatic heterocycles. The van der Waals surface area contributed by atoms with Gasteiger partial charge in [-0.3, -0.25) is 0 Å². The molecule has 1 fully saturated rings. The van der Waals surface area contributed by atoms with Crippen LogP contribution in [0.3, 0.4) is 0 Å². The maximum atomic E-state index is 11.3. The molecule has 2 N–H and O–H groups in total. The number of carboxylic acid groups (broad SMARTS) is 1. The molecule has 1 unspecified atom stereocenters. The van der Waals surface area contributed by atoms with E-state index in [4.69, 9.17) is 11.6 Å². The number of carboxylic acids is 1. The standard InChI is InChI=1S/C13H17ClN2O2/c1-8-5-9(2)12(10(14)6-8)16-4-3-15-7-11(16)13(17)18/h5-6,11,15H,3-4,7H2,1-2H3,(H,17,18). The molecule has 0 saturated carbocycles. The van der Waals surface area contributed by atoms with Gasteiger partial charge in [-0.15, -0.1) is 0 Å². The van der Waals surface area contributed by atoms with E-state index in [1.807, 2.05) is 30.9 Å². The van der Waals surface area contributed by atoms with Gasteiger partial charge in [-0.05, 0) is 31.0 Å². The summed E-state index contributed by atoms with van der Waals surface area (Å²) in [5.41, 5.74) is 2.95. The van der Waals surface area contributed by atoms with Gasteiger partial charge in [-0.2, -0.15) is 0 Å². The number of anilines is 1. The maximum absolute atomic E-state index is 11.3. The Kier molecular flexibility index (Phi) is 3.78. The zero-order valence-electron chi connectivity index (χ0n) is 10.5. The highest BCUT2D eigenvalue weighted by Crippen LogP contribution is 2.32. The fraction of sp³-hybridized carbons (Fsp3) is 0.462. The van der Waals surface area contributed by atoms with Gasteiger partial charge in [0, 0.05) is 19.6 Å². The third-order valence-electron chi connectivity index (χ3n) is 3.21. The monoisotopic (exact) mass is 268 g/mol. The summed E-state index contributed by atoms with van der Waals surface area (Å²) in [7, 11) is 0. The number of piperazine rings is 1. The lowest BCUT2D eigenvalue weighted by Gasteiger charge is -2.36. The normalized spacial score (nSPS) is 19.9. The van der Waals surface area contributed by atoms with Crippen molar-refractivity contribution in [3.05, 3.63) is 28.3 Å². The molecule has 5 heteroatoms. The number of hydrogen-bond donors (Lipinski definition) is 2. The Morgan fingerprint density at radius 2 is 2.22 bits per heavy atom. The van der Waals surface area contributed by atoms with Gasteiger partial charge in [-0.1, -0.05) is 17.7 Å². The zero-order chi connectivity index (χ0) is 13.3. The number of nitrogens with one attached hydrogen (secondary N) is 1. The van der Waals surface area contributed by atoms with Crippen LogP contribution in [0.25, 0.3) is 0 Å². The largest absolute Gasteiger partial charge is 0.480 e. The molecule has 4 nitrogen and oxygen atoms in total. The molecule has 0 aliphatic carbocycles. The predicted octanol–water partition coefficient (Wildman–Crippen LogP) is 1.82. The Morgan fingerprint density at radius 1 is 1.50 bits per heavy atom. The average Bonchev–Trinajstić information content (AvgIpc) is 2.28. The summed E-state index contributed by atoms with van der Waals surface area (Å²) in [5.74, 6) is -0.821. The average molecular weight is 269 g/mol. The summed E-state index contributed by atoms with van der Waals surface area (Å²) in [5, 5.41) is 13.0. The highest BCUT2D eigenvalue weighted by Gasteiger charge is 2.30. The van der Waals surface area contributed by atoms with E-state index in [1.165, 1.54) is 0 Å². The second-order valence-electron chi connectivity index (χ2n) is 4.66. The lowest BCUT2D eigenvalue weighted by atomic mass is 10.1. The van der Waals surface area contributed by atoms with Crippen molar-refractivity contribution in [1.82, 2.24) is 5.32 Å². The van der Waals surface area contributed by atoms with E-state index in [1.54, 1.807) is 0 Å². The maximum Gasteiger partial charge on any atom is 0.327 e. The molecule has 1 aliphatic heterocycles. The highest BCUT2D eigenvalue weighted by molar-refractivity contribution is 6.33. The van der Waals surface area contributed by atoms with Crippen LogP contribution < -0.4 is 10.2 Å². The Hall–Kier alpha value is -1.26. The minimum atomic E-state index is -0.821. The van der Waals surface area contributed by atoms with Gasteiger partial charge in [0.1, 0.15) is 6.04 Å². The number of carbonyl (C=O) groups is 1. The molecule has 2 rings (SSSR count). The molecule has 1 aromatic rings. The van der Waals surface area contributed by atoms with E-state index in [0.717, 1.165) is 23.4 Å². The summed E-state index contributed by atoms with van der Waals surface area (Å²) in [4.78, 5) is 13.2. The molecule has 1 saturated heterocycles. The van der Waals surface area contributed by atoms with Crippen molar-refractivity contribution in [3.63, 3.8) is 0 Å². The molecular weight excluding hydrogens is 252 g/mol. The smallest absolute Gasteiger partial charge is 0.327 e. The fourth-order valence-electron chi connectivity index (χ4n) is 2.46. The van der Waals surface area contributed by atoms with Crippen LogP contribution in [0.1, 0.15) is 11.1 Å². The zero-order valence-corrected chi connectivity index (χ0v) is 11.3. The molecule has 0 amide bonds. The number of aryl methyl sites for hydroxylation is 2. The number of benzene rings is 1. The molecule has 0 radical (unpaired) electrons. The first kappa shape index (κ1) is 13.2. The van der Waals surface area contributed by atoms with E-state index >= 15 is 0 Å². The van der Waals surface area contributed by atoms with Gasteiger partial charge >= 0.3 is 5.97 Å². The minimum absolute atomic E-state index is 0.443. The first-order chi connectivity index (χ1) is 8.50. The fourth-order valence-corrected chi connectivity index (χ4v) is 2.89. The van der Waals surface area contributed by atoms with Gasteiger partial charge in [-0.25, -0.2) is 4.79 Å². The van der Waals surface area contributed by atoms with Crippen LogP contribution in [0.15, 0.2) is 12.1 Å². The van der Waals surface area contributed by atoms with Crippen molar-refractivity contribution in [2.75, 3.05) is 24.5 Å². The van der Waals surface area contributed by atoms with Crippen molar-refractivity contribution in [2.24, 2.45) is 0 Å². The van der Waals surface area contributed by atoms with Crippen molar-refractivity contribution in [1.29, 1.82) is 0 Å². The highest BCUT2D eigenvalue weighted by atomic mass is 35.5. The second-order valence-corrected chi connectivity index (χ2v) is 5.07. The van der Waals surface area contributed by atoms with Gasteiger partial charge in [0.05, 0.1) is 10.7 Å². The first-order valence-electron chi connectivity index (χ1n) is 5.97. The molecule has 0 spiro atoms. The van der Waals surface area contributed by atoms with Gasteiger partial charge in [0.15, 0.2) is 0 Å². The minimum Gasteiger partial charge on any atom is -0.480 e. The van der Waals surface area contributed by atoms with Gasteiger partial charge in [0.2, 0.25) is 0 Å².